The lowest BCUT2D eigenvalue weighted by atomic mass is 9.93. The van der Waals surface area contributed by atoms with Crippen molar-refractivity contribution in [2.75, 3.05) is 0 Å². The Labute approximate surface area is 188 Å². The summed E-state index contributed by atoms with van der Waals surface area (Å²) in [5, 5.41) is 2.87. The third kappa shape index (κ3) is 4.08. The van der Waals surface area contributed by atoms with Crippen molar-refractivity contribution in [1.82, 2.24) is 5.32 Å². The fraction of sp³-hybridized carbons (Fsp3) is 0.385. The van der Waals surface area contributed by atoms with Crippen LogP contribution in [0.1, 0.15) is 61.7 Å². The van der Waals surface area contributed by atoms with E-state index in [2.05, 4.69) is 5.32 Å². The van der Waals surface area contributed by atoms with Crippen LogP contribution >= 0.6 is 0 Å². The van der Waals surface area contributed by atoms with Gasteiger partial charge in [-0.2, -0.15) is 0 Å². The van der Waals surface area contributed by atoms with E-state index in [0.29, 0.717) is 11.3 Å². The van der Waals surface area contributed by atoms with Crippen LogP contribution in [-0.4, -0.2) is 23.7 Å². The molecule has 32 heavy (non-hydrogen) atoms. The number of hydrogen-bond acceptors (Lipinski definition) is 5. The van der Waals surface area contributed by atoms with Gasteiger partial charge < -0.3 is 19.5 Å². The molecule has 1 fully saturated rings. The third-order valence-corrected chi connectivity index (χ3v) is 6.13. The molecule has 2 aliphatic rings. The number of ketones is 1. The van der Waals surface area contributed by atoms with Crippen molar-refractivity contribution in [2.24, 2.45) is 0 Å². The Balaban J connectivity index is 1.79. The molecule has 0 saturated carbocycles. The van der Waals surface area contributed by atoms with Gasteiger partial charge in [0, 0.05) is 6.92 Å². The number of aryl methyl sites for hydroxylation is 2. The van der Waals surface area contributed by atoms with Gasteiger partial charge in [-0.05, 0) is 49.9 Å². The highest BCUT2D eigenvalue weighted by Gasteiger charge is 2.55. The van der Waals surface area contributed by atoms with E-state index < -0.39 is 24.2 Å². The number of rotatable bonds is 4. The minimum absolute atomic E-state index is 0.153. The van der Waals surface area contributed by atoms with Crippen molar-refractivity contribution in [3.05, 3.63) is 82.1 Å². The van der Waals surface area contributed by atoms with Crippen LogP contribution in [0.25, 0.3) is 0 Å². The van der Waals surface area contributed by atoms with Gasteiger partial charge in [-0.3, -0.25) is 9.59 Å². The number of ether oxygens (including phenoxy) is 3. The molecular formula is C26H29NO5. The third-order valence-electron chi connectivity index (χ3n) is 6.13. The Kier molecular flexibility index (Phi) is 5.93. The topological polar surface area (TPSA) is 73.9 Å². The number of amides is 1. The molecule has 1 amide bonds. The summed E-state index contributed by atoms with van der Waals surface area (Å²) in [6, 6.07) is 15.5. The maximum absolute atomic E-state index is 12.3. The Morgan fingerprint density at radius 3 is 1.81 bits per heavy atom. The fourth-order valence-electron chi connectivity index (χ4n) is 4.74. The normalized spacial score (nSPS) is 24.3. The Hall–Kier alpha value is -2.96. The standard InChI is InChI=1S/C26H29NO5/c1-15-10-6-8-12-20(15)24-25(21-13-9-7-11-16(21)2)32-26(31-24)14-22(27-19(5)29)23(17(3)28)18(4)30-26/h6-13,22,24-25H,14H2,1-5H3,(H,27,29)/t22-,24-,25-/m0/s1. The van der Waals surface area contributed by atoms with Gasteiger partial charge in [0.25, 0.3) is 0 Å². The summed E-state index contributed by atoms with van der Waals surface area (Å²) >= 11 is 0. The summed E-state index contributed by atoms with van der Waals surface area (Å²) in [6.45, 7) is 8.69. The molecule has 1 N–H and O–H groups in total. The van der Waals surface area contributed by atoms with E-state index in [-0.39, 0.29) is 18.1 Å². The first-order valence-electron chi connectivity index (χ1n) is 10.9. The van der Waals surface area contributed by atoms with Gasteiger partial charge in [0.15, 0.2) is 5.78 Å². The molecule has 0 aliphatic carbocycles. The smallest absolute Gasteiger partial charge is 0.330 e. The molecule has 2 heterocycles. The molecule has 3 atom stereocenters. The molecule has 2 aromatic rings. The highest BCUT2D eigenvalue weighted by molar-refractivity contribution is 5.96. The van der Waals surface area contributed by atoms with E-state index in [1.807, 2.05) is 62.4 Å². The zero-order valence-electron chi connectivity index (χ0n) is 19.1. The quantitative estimate of drug-likeness (QED) is 0.761. The molecule has 0 radical (unpaired) electrons. The number of carbonyl (C=O) groups is 2. The summed E-state index contributed by atoms with van der Waals surface area (Å²) in [6.07, 6.45) is -0.659. The van der Waals surface area contributed by atoms with Gasteiger partial charge in [0.05, 0.1) is 18.0 Å². The van der Waals surface area contributed by atoms with Gasteiger partial charge in [-0.1, -0.05) is 48.5 Å². The average molecular weight is 436 g/mol. The second-order valence-corrected chi connectivity index (χ2v) is 8.56. The molecule has 0 aromatic heterocycles. The lowest BCUT2D eigenvalue weighted by Crippen LogP contribution is -2.49. The van der Waals surface area contributed by atoms with E-state index in [1.54, 1.807) is 6.92 Å². The SMILES string of the molecule is CC(=O)N[C@H]1CC2(OC(C)=C1C(C)=O)O[C@@H](c1ccccc1C)[C@H](c1ccccc1C)O2. The molecule has 0 unspecified atom stereocenters. The molecular weight excluding hydrogens is 406 g/mol. The number of hydrogen-bond donors (Lipinski definition) is 1. The van der Waals surface area contributed by atoms with Crippen LogP contribution in [0.4, 0.5) is 0 Å². The summed E-state index contributed by atoms with van der Waals surface area (Å²) in [7, 11) is 0. The first-order valence-corrected chi connectivity index (χ1v) is 10.9. The molecule has 168 valence electrons. The Bertz CT molecular complexity index is 1040. The van der Waals surface area contributed by atoms with Gasteiger partial charge >= 0.3 is 5.97 Å². The molecule has 0 bridgehead atoms. The summed E-state index contributed by atoms with van der Waals surface area (Å²) < 4.78 is 19.3. The van der Waals surface area contributed by atoms with E-state index in [0.717, 1.165) is 22.3 Å². The van der Waals surface area contributed by atoms with Crippen molar-refractivity contribution < 1.29 is 23.8 Å². The van der Waals surface area contributed by atoms with Crippen LogP contribution in [-0.2, 0) is 23.8 Å². The van der Waals surface area contributed by atoms with Gasteiger partial charge in [-0.15, -0.1) is 0 Å². The van der Waals surface area contributed by atoms with Gasteiger partial charge in [-0.25, -0.2) is 0 Å². The monoisotopic (exact) mass is 435 g/mol. The maximum atomic E-state index is 12.3. The number of benzene rings is 2. The molecule has 2 aliphatic heterocycles. The summed E-state index contributed by atoms with van der Waals surface area (Å²) in [5.41, 5.74) is 4.63. The van der Waals surface area contributed by atoms with E-state index >= 15 is 0 Å². The van der Waals surface area contributed by atoms with Gasteiger partial charge in [0.1, 0.15) is 18.0 Å². The molecule has 6 nitrogen and oxygen atoms in total. The number of Topliss-reactive ketones (excluding diaryl/α,β-unsaturated/α-hetero) is 1. The predicted octanol–water partition coefficient (Wildman–Crippen LogP) is 4.57. The zero-order chi connectivity index (χ0) is 23.0. The summed E-state index contributed by atoms with van der Waals surface area (Å²) in [5.74, 6) is -1.41. The predicted molar refractivity (Wildman–Crippen MR) is 119 cm³/mol. The minimum atomic E-state index is -1.42. The Morgan fingerprint density at radius 1 is 0.875 bits per heavy atom. The van der Waals surface area contributed by atoms with E-state index in [4.69, 9.17) is 14.2 Å². The van der Waals surface area contributed by atoms with Crippen molar-refractivity contribution in [1.29, 1.82) is 0 Å². The maximum Gasteiger partial charge on any atom is 0.330 e. The molecule has 1 saturated heterocycles. The van der Waals surface area contributed by atoms with E-state index in [1.165, 1.54) is 13.8 Å². The molecule has 6 heteroatoms. The highest BCUT2D eigenvalue weighted by Crippen LogP contribution is 2.52. The van der Waals surface area contributed by atoms with Gasteiger partial charge in [0.2, 0.25) is 5.91 Å². The van der Waals surface area contributed by atoms with Crippen LogP contribution in [0.5, 0.6) is 0 Å². The van der Waals surface area contributed by atoms with Crippen LogP contribution in [0.15, 0.2) is 59.9 Å². The highest BCUT2D eigenvalue weighted by atomic mass is 16.9. The average Bonchev–Trinajstić information content (AvgIpc) is 3.05. The Morgan fingerprint density at radius 2 is 1.38 bits per heavy atom. The van der Waals surface area contributed by atoms with Crippen molar-refractivity contribution >= 4 is 11.7 Å². The number of carbonyl (C=O) groups excluding carboxylic acids is 2. The second-order valence-electron chi connectivity index (χ2n) is 8.56. The minimum Gasteiger partial charge on any atom is -0.443 e. The summed E-state index contributed by atoms with van der Waals surface area (Å²) in [4.78, 5) is 24.2. The fourth-order valence-corrected chi connectivity index (χ4v) is 4.74. The lowest BCUT2D eigenvalue weighted by Gasteiger charge is -2.38. The first-order chi connectivity index (χ1) is 15.2. The van der Waals surface area contributed by atoms with E-state index in [9.17, 15) is 9.59 Å². The molecule has 2 aromatic carbocycles. The first kappa shape index (κ1) is 22.2. The van der Waals surface area contributed by atoms with Crippen molar-refractivity contribution in [2.45, 2.75) is 65.3 Å². The van der Waals surface area contributed by atoms with Crippen molar-refractivity contribution in [3.8, 4) is 0 Å². The second kappa shape index (κ2) is 8.52. The van der Waals surface area contributed by atoms with Crippen LogP contribution in [0.2, 0.25) is 0 Å². The molecule has 4 rings (SSSR count). The van der Waals surface area contributed by atoms with Crippen LogP contribution < -0.4 is 5.32 Å². The molecule has 1 spiro atoms. The lowest BCUT2D eigenvalue weighted by molar-refractivity contribution is -0.336. The van der Waals surface area contributed by atoms with Crippen LogP contribution in [0.3, 0.4) is 0 Å². The van der Waals surface area contributed by atoms with Crippen molar-refractivity contribution in [3.63, 3.8) is 0 Å². The van der Waals surface area contributed by atoms with Crippen LogP contribution in [0, 0.1) is 13.8 Å². The number of nitrogens with one attached hydrogen (secondary N) is 1. The zero-order valence-corrected chi connectivity index (χ0v) is 19.1. The number of allylic oxidation sites excluding steroid dienone is 1. The largest absolute Gasteiger partial charge is 0.443 e.